The second-order valence-electron chi connectivity index (χ2n) is 11.1. The second kappa shape index (κ2) is 10.8. The van der Waals surface area contributed by atoms with Crippen molar-refractivity contribution in [2.75, 3.05) is 42.8 Å². The first-order valence-corrected chi connectivity index (χ1v) is 15.3. The maximum absolute atomic E-state index is 15.9. The highest BCUT2D eigenvalue weighted by Gasteiger charge is 2.34. The highest BCUT2D eigenvalue weighted by atomic mass is 32.2. The van der Waals surface area contributed by atoms with E-state index in [1.807, 2.05) is 0 Å². The molecule has 15 heteroatoms. The molecule has 2 unspecified atom stereocenters. The molecule has 1 saturated carbocycles. The highest BCUT2D eigenvalue weighted by Crippen LogP contribution is 2.34. The third-order valence-electron chi connectivity index (χ3n) is 8.03. The number of fused-ring (bicyclic) bond motifs is 1. The molecule has 0 radical (unpaired) electrons. The summed E-state index contributed by atoms with van der Waals surface area (Å²) in [5, 5.41) is 3.50. The number of nitrogens with zero attached hydrogens (tertiary/aromatic N) is 5. The lowest BCUT2D eigenvalue weighted by Crippen LogP contribution is -2.34. The Kier molecular flexibility index (Phi) is 7.33. The van der Waals surface area contributed by atoms with E-state index in [9.17, 15) is 22.4 Å². The number of alkyl halides is 1. The van der Waals surface area contributed by atoms with E-state index >= 15 is 8.78 Å². The van der Waals surface area contributed by atoms with Gasteiger partial charge in [-0.3, -0.25) is 18.9 Å². The van der Waals surface area contributed by atoms with E-state index in [4.69, 9.17) is 0 Å². The first-order valence-electron chi connectivity index (χ1n) is 13.8. The maximum atomic E-state index is 15.9. The van der Waals surface area contributed by atoms with E-state index in [0.29, 0.717) is 36.8 Å². The zero-order chi connectivity index (χ0) is 29.8. The van der Waals surface area contributed by atoms with Crippen molar-refractivity contribution in [3.63, 3.8) is 0 Å². The number of pyridine rings is 1. The summed E-state index contributed by atoms with van der Waals surface area (Å²) in [6.45, 7) is 2.24. The first-order chi connectivity index (χ1) is 20.0. The summed E-state index contributed by atoms with van der Waals surface area (Å²) < 4.78 is 74.7. The third kappa shape index (κ3) is 5.42. The van der Waals surface area contributed by atoms with Crippen molar-refractivity contribution >= 4 is 38.8 Å². The molecule has 224 valence electrons. The smallest absolute Gasteiger partial charge is 0.301 e. The number of hydrogen-bond acceptors (Lipinski definition) is 7. The second-order valence-corrected chi connectivity index (χ2v) is 12.7. The summed E-state index contributed by atoms with van der Waals surface area (Å²) in [6, 6.07) is 2.54. The van der Waals surface area contributed by atoms with Crippen LogP contribution in [0, 0.1) is 17.6 Å². The van der Waals surface area contributed by atoms with Gasteiger partial charge in [0.1, 0.15) is 17.6 Å². The molecule has 6 rings (SSSR count). The molecule has 2 atom stereocenters. The van der Waals surface area contributed by atoms with Crippen molar-refractivity contribution in [3.05, 3.63) is 46.4 Å². The Morgan fingerprint density at radius 3 is 2.57 bits per heavy atom. The van der Waals surface area contributed by atoms with Gasteiger partial charge in [-0.2, -0.15) is 17.7 Å². The normalized spacial score (nSPS) is 21.3. The molecular weight excluding hydrogens is 575 g/mol. The van der Waals surface area contributed by atoms with E-state index in [-0.39, 0.29) is 43.2 Å². The van der Waals surface area contributed by atoms with Gasteiger partial charge in [-0.1, -0.05) is 0 Å². The lowest BCUT2D eigenvalue weighted by Gasteiger charge is -2.20. The lowest BCUT2D eigenvalue weighted by molar-refractivity contribution is -0.127. The van der Waals surface area contributed by atoms with Gasteiger partial charge in [0, 0.05) is 51.2 Å². The number of aromatic nitrogens is 3. The molecule has 3 aromatic rings. The largest absolute Gasteiger partial charge is 0.354 e. The van der Waals surface area contributed by atoms with Crippen LogP contribution in [0.4, 0.5) is 24.8 Å². The van der Waals surface area contributed by atoms with Crippen molar-refractivity contribution in [2.24, 2.45) is 5.92 Å². The van der Waals surface area contributed by atoms with E-state index < -0.39 is 50.9 Å². The standard InChI is InChI=1S/C27H30F3N7O4S/c1-15(38)35-8-7-19(14-35)37-25-17(12-32-27(33-25)31-11-16-2-3-16)10-20(26(37)39)23-21(29)4-5-22(24(23)30)34-42(40,41)36-9-6-18(28)13-36/h4-5,10,12,16,18-19,34H,2-3,6-9,11,13-14H2,1H3,(H,31,32,33). The Balaban J connectivity index is 1.45. The van der Waals surface area contributed by atoms with Gasteiger partial charge in [-0.25, -0.2) is 18.2 Å². The van der Waals surface area contributed by atoms with Crippen LogP contribution in [0.5, 0.6) is 0 Å². The molecule has 11 nitrogen and oxygen atoms in total. The molecule has 0 bridgehead atoms. The third-order valence-corrected chi connectivity index (χ3v) is 9.51. The number of carbonyl (C=O) groups is 1. The molecule has 4 heterocycles. The van der Waals surface area contributed by atoms with Crippen LogP contribution in [0.15, 0.2) is 29.2 Å². The average Bonchev–Trinajstić information content (AvgIpc) is 3.44. The van der Waals surface area contributed by atoms with Crippen molar-refractivity contribution in [1.82, 2.24) is 23.7 Å². The molecule has 3 aliphatic rings. The van der Waals surface area contributed by atoms with Crippen molar-refractivity contribution in [3.8, 4) is 11.1 Å². The number of hydrogen-bond donors (Lipinski definition) is 2. The number of carbonyl (C=O) groups excluding carboxylic acids is 1. The minimum atomic E-state index is -4.34. The minimum Gasteiger partial charge on any atom is -0.354 e. The summed E-state index contributed by atoms with van der Waals surface area (Å²) in [7, 11) is -4.34. The van der Waals surface area contributed by atoms with Crippen molar-refractivity contribution < 1.29 is 26.4 Å². The monoisotopic (exact) mass is 605 g/mol. The van der Waals surface area contributed by atoms with Crippen LogP contribution in [0.3, 0.4) is 0 Å². The van der Waals surface area contributed by atoms with Crippen LogP contribution in [-0.4, -0.2) is 77.0 Å². The molecular formula is C27H30F3N7O4S. The fourth-order valence-electron chi connectivity index (χ4n) is 5.51. The average molecular weight is 606 g/mol. The van der Waals surface area contributed by atoms with Crippen molar-refractivity contribution in [1.29, 1.82) is 0 Å². The molecule has 1 aliphatic carbocycles. The number of anilines is 2. The van der Waals surface area contributed by atoms with Gasteiger partial charge in [0.05, 0.1) is 22.9 Å². The van der Waals surface area contributed by atoms with Crippen LogP contribution in [0.25, 0.3) is 22.2 Å². The van der Waals surface area contributed by atoms with Gasteiger partial charge in [0.2, 0.25) is 11.9 Å². The quantitative estimate of drug-likeness (QED) is 0.404. The number of nitrogens with one attached hydrogen (secondary N) is 2. The number of halogens is 3. The van der Waals surface area contributed by atoms with E-state index in [2.05, 4.69) is 20.0 Å². The molecule has 2 aliphatic heterocycles. The molecule has 1 amide bonds. The van der Waals surface area contributed by atoms with Gasteiger partial charge in [0.25, 0.3) is 5.56 Å². The molecule has 2 N–H and O–H groups in total. The summed E-state index contributed by atoms with van der Waals surface area (Å²) in [5.74, 6) is -1.70. The van der Waals surface area contributed by atoms with Gasteiger partial charge in [-0.05, 0) is 49.8 Å². The van der Waals surface area contributed by atoms with Crippen LogP contribution < -0.4 is 15.6 Å². The molecule has 3 fully saturated rings. The lowest BCUT2D eigenvalue weighted by atomic mass is 10.0. The number of benzene rings is 1. The molecule has 0 spiro atoms. The Bertz CT molecular complexity index is 1730. The molecule has 42 heavy (non-hydrogen) atoms. The number of amides is 1. The van der Waals surface area contributed by atoms with E-state index in [1.165, 1.54) is 23.8 Å². The summed E-state index contributed by atoms with van der Waals surface area (Å²) >= 11 is 0. The van der Waals surface area contributed by atoms with Crippen LogP contribution in [0.1, 0.15) is 38.6 Å². The predicted octanol–water partition coefficient (Wildman–Crippen LogP) is 3.05. The number of likely N-dealkylation sites (tertiary alicyclic amines) is 1. The SMILES string of the molecule is CC(=O)N1CCC(n2c(=O)c(-c3c(F)ccc(NS(=O)(=O)N4CCC(F)C4)c3F)cc3cnc(NCC4CC4)nc32)C1. The van der Waals surface area contributed by atoms with Crippen molar-refractivity contribution in [2.45, 2.75) is 44.8 Å². The Morgan fingerprint density at radius 2 is 1.90 bits per heavy atom. The zero-order valence-corrected chi connectivity index (χ0v) is 23.6. The zero-order valence-electron chi connectivity index (χ0n) is 22.8. The fourth-order valence-corrected chi connectivity index (χ4v) is 6.78. The Labute approximate surface area is 239 Å². The van der Waals surface area contributed by atoms with Gasteiger partial charge in [0.15, 0.2) is 5.82 Å². The minimum absolute atomic E-state index is 0.0107. The molecule has 2 saturated heterocycles. The van der Waals surface area contributed by atoms with Gasteiger partial charge in [-0.15, -0.1) is 0 Å². The fraction of sp³-hybridized carbons (Fsp3) is 0.481. The summed E-state index contributed by atoms with van der Waals surface area (Å²) in [6.07, 6.45) is 2.77. The van der Waals surface area contributed by atoms with Gasteiger partial charge >= 0.3 is 10.2 Å². The predicted molar refractivity (Wildman–Crippen MR) is 150 cm³/mol. The topological polar surface area (TPSA) is 130 Å². The van der Waals surface area contributed by atoms with Crippen LogP contribution in [0.2, 0.25) is 0 Å². The maximum Gasteiger partial charge on any atom is 0.301 e. The Hall–Kier alpha value is -3.72. The molecule has 2 aromatic heterocycles. The van der Waals surface area contributed by atoms with Gasteiger partial charge < -0.3 is 10.2 Å². The summed E-state index contributed by atoms with van der Waals surface area (Å²) in [5.41, 5.74) is -2.16. The highest BCUT2D eigenvalue weighted by molar-refractivity contribution is 7.90. The summed E-state index contributed by atoms with van der Waals surface area (Å²) in [4.78, 5) is 36.6. The van der Waals surface area contributed by atoms with Crippen LogP contribution >= 0.6 is 0 Å². The number of rotatable bonds is 8. The van der Waals surface area contributed by atoms with Crippen LogP contribution in [-0.2, 0) is 15.0 Å². The first kappa shape index (κ1) is 28.4. The Morgan fingerprint density at radius 1 is 1.12 bits per heavy atom. The molecule has 1 aromatic carbocycles. The van der Waals surface area contributed by atoms with E-state index in [1.54, 1.807) is 4.90 Å². The van der Waals surface area contributed by atoms with E-state index in [0.717, 1.165) is 29.3 Å².